The Morgan fingerprint density at radius 3 is 2.52 bits per heavy atom. The number of thioether (sulfide) groups is 1. The van der Waals surface area contributed by atoms with E-state index >= 15 is 0 Å². The van der Waals surface area contributed by atoms with E-state index < -0.39 is 0 Å². The third kappa shape index (κ3) is 5.10. The molecule has 0 saturated heterocycles. The van der Waals surface area contributed by atoms with Gasteiger partial charge in [-0.15, -0.1) is 11.8 Å². The van der Waals surface area contributed by atoms with Crippen LogP contribution in [0.2, 0.25) is 5.02 Å². The fourth-order valence-corrected chi connectivity index (χ4v) is 2.97. The summed E-state index contributed by atoms with van der Waals surface area (Å²) in [6.07, 6.45) is 0.967. The van der Waals surface area contributed by atoms with Crippen LogP contribution in [-0.4, -0.2) is 16.9 Å². The molecule has 1 atom stereocenters. The molecule has 21 heavy (non-hydrogen) atoms. The van der Waals surface area contributed by atoms with Crippen molar-refractivity contribution in [1.29, 1.82) is 0 Å². The number of carbonyl (C=O) groups excluding carboxylic acids is 1. The van der Waals surface area contributed by atoms with Crippen molar-refractivity contribution in [3.8, 4) is 0 Å². The number of hydrogen-bond donors (Lipinski definition) is 1. The number of halogens is 1. The van der Waals surface area contributed by atoms with E-state index in [2.05, 4.69) is 17.4 Å². The minimum absolute atomic E-state index is 0.0128. The lowest BCUT2D eigenvalue weighted by atomic mass is 10.2. The van der Waals surface area contributed by atoms with Gasteiger partial charge < -0.3 is 5.32 Å². The summed E-state index contributed by atoms with van der Waals surface area (Å²) < 4.78 is 0. The van der Waals surface area contributed by atoms with Crippen molar-refractivity contribution in [2.45, 2.75) is 18.6 Å². The molecule has 2 nitrogen and oxygen atoms in total. The zero-order chi connectivity index (χ0) is 15.1. The first-order valence-electron chi connectivity index (χ1n) is 6.88. The lowest BCUT2D eigenvalue weighted by Gasteiger charge is -2.12. The highest BCUT2D eigenvalue weighted by atomic mass is 35.5. The molecule has 0 aliphatic rings. The number of hydrogen-bond acceptors (Lipinski definition) is 2. The number of nitrogens with one attached hydrogen (secondary N) is 1. The molecular formula is C17H18ClNOS. The SMILES string of the molecule is CC(SCCc1ccccc1)C(=O)Nc1ccccc1Cl. The molecule has 0 heterocycles. The molecule has 0 bridgehead atoms. The predicted molar refractivity (Wildman–Crippen MR) is 92.1 cm³/mol. The number of para-hydroxylation sites is 1. The molecule has 2 aromatic carbocycles. The Hall–Kier alpha value is -1.45. The Morgan fingerprint density at radius 1 is 1.14 bits per heavy atom. The van der Waals surface area contributed by atoms with Gasteiger partial charge in [0.1, 0.15) is 0 Å². The summed E-state index contributed by atoms with van der Waals surface area (Å²) >= 11 is 7.69. The third-order valence-electron chi connectivity index (χ3n) is 3.10. The van der Waals surface area contributed by atoms with E-state index in [-0.39, 0.29) is 11.2 Å². The lowest BCUT2D eigenvalue weighted by molar-refractivity contribution is -0.115. The Bertz CT molecular complexity index is 588. The molecule has 0 saturated carbocycles. The number of carbonyl (C=O) groups is 1. The molecular weight excluding hydrogens is 302 g/mol. The van der Waals surface area contributed by atoms with E-state index in [0.29, 0.717) is 10.7 Å². The zero-order valence-electron chi connectivity index (χ0n) is 11.9. The maximum atomic E-state index is 12.1. The first kappa shape index (κ1) is 15.9. The van der Waals surface area contributed by atoms with Crippen molar-refractivity contribution in [1.82, 2.24) is 0 Å². The van der Waals surface area contributed by atoms with Gasteiger partial charge in [0, 0.05) is 0 Å². The molecule has 2 aromatic rings. The molecule has 110 valence electrons. The van der Waals surface area contributed by atoms with Gasteiger partial charge in [0.25, 0.3) is 0 Å². The summed E-state index contributed by atoms with van der Waals surface area (Å²) in [5.74, 6) is 0.905. The Balaban J connectivity index is 1.79. The van der Waals surface area contributed by atoms with Crippen LogP contribution in [0.1, 0.15) is 12.5 Å². The Labute approximate surface area is 134 Å². The van der Waals surface area contributed by atoms with Crippen molar-refractivity contribution in [2.24, 2.45) is 0 Å². The van der Waals surface area contributed by atoms with E-state index in [1.54, 1.807) is 17.8 Å². The monoisotopic (exact) mass is 319 g/mol. The second-order valence-corrected chi connectivity index (χ2v) is 6.57. The minimum Gasteiger partial charge on any atom is -0.324 e. The van der Waals surface area contributed by atoms with E-state index in [1.807, 2.05) is 43.3 Å². The van der Waals surface area contributed by atoms with Crippen LogP contribution < -0.4 is 5.32 Å². The zero-order valence-corrected chi connectivity index (χ0v) is 13.5. The fraction of sp³-hybridized carbons (Fsp3) is 0.235. The summed E-state index contributed by atoms with van der Waals surface area (Å²) in [6.45, 7) is 1.92. The van der Waals surface area contributed by atoms with Crippen molar-refractivity contribution in [3.05, 3.63) is 65.2 Å². The third-order valence-corrected chi connectivity index (χ3v) is 4.59. The fourth-order valence-electron chi connectivity index (χ4n) is 1.87. The quantitative estimate of drug-likeness (QED) is 0.840. The van der Waals surface area contributed by atoms with E-state index in [4.69, 9.17) is 11.6 Å². The first-order valence-corrected chi connectivity index (χ1v) is 8.30. The van der Waals surface area contributed by atoms with Crippen molar-refractivity contribution < 1.29 is 4.79 Å². The highest BCUT2D eigenvalue weighted by Gasteiger charge is 2.14. The Kier molecular flexibility index (Phi) is 6.15. The van der Waals surface area contributed by atoms with Crippen LogP contribution in [0.25, 0.3) is 0 Å². The second kappa shape index (κ2) is 8.11. The Morgan fingerprint density at radius 2 is 1.81 bits per heavy atom. The number of benzene rings is 2. The smallest absolute Gasteiger partial charge is 0.237 e. The normalized spacial score (nSPS) is 11.9. The average Bonchev–Trinajstić information content (AvgIpc) is 2.50. The molecule has 0 aromatic heterocycles. The van der Waals surface area contributed by atoms with Crippen molar-refractivity contribution in [3.63, 3.8) is 0 Å². The molecule has 0 aliphatic carbocycles. The van der Waals surface area contributed by atoms with Gasteiger partial charge in [-0.05, 0) is 36.8 Å². The average molecular weight is 320 g/mol. The molecule has 2 rings (SSSR count). The summed E-state index contributed by atoms with van der Waals surface area (Å²) in [4.78, 5) is 12.1. The minimum atomic E-state index is -0.106. The van der Waals surface area contributed by atoms with Gasteiger partial charge in [-0.2, -0.15) is 0 Å². The van der Waals surface area contributed by atoms with Gasteiger partial charge in [-0.3, -0.25) is 4.79 Å². The molecule has 0 fully saturated rings. The number of amides is 1. The molecule has 1 unspecified atom stereocenters. The highest BCUT2D eigenvalue weighted by molar-refractivity contribution is 8.00. The first-order chi connectivity index (χ1) is 10.2. The summed E-state index contributed by atoms with van der Waals surface area (Å²) in [5.41, 5.74) is 1.96. The van der Waals surface area contributed by atoms with Crippen LogP contribution in [0.3, 0.4) is 0 Å². The largest absolute Gasteiger partial charge is 0.324 e. The molecule has 1 amide bonds. The van der Waals surface area contributed by atoms with Crippen LogP contribution in [0.5, 0.6) is 0 Å². The molecule has 0 radical (unpaired) electrons. The number of rotatable bonds is 6. The number of aryl methyl sites for hydroxylation is 1. The van der Waals surface area contributed by atoms with Crippen molar-refractivity contribution in [2.75, 3.05) is 11.1 Å². The molecule has 4 heteroatoms. The molecule has 1 N–H and O–H groups in total. The summed E-state index contributed by atoms with van der Waals surface area (Å²) in [6, 6.07) is 17.6. The van der Waals surface area contributed by atoms with Gasteiger partial charge in [-0.25, -0.2) is 0 Å². The van der Waals surface area contributed by atoms with Gasteiger partial charge in [0.15, 0.2) is 0 Å². The van der Waals surface area contributed by atoms with Gasteiger partial charge in [0.2, 0.25) is 5.91 Å². The molecule has 0 aliphatic heterocycles. The van der Waals surface area contributed by atoms with E-state index in [9.17, 15) is 4.79 Å². The highest BCUT2D eigenvalue weighted by Crippen LogP contribution is 2.22. The summed E-state index contributed by atoms with van der Waals surface area (Å²) in [7, 11) is 0. The lowest BCUT2D eigenvalue weighted by Crippen LogP contribution is -2.23. The van der Waals surface area contributed by atoms with E-state index in [0.717, 1.165) is 12.2 Å². The van der Waals surface area contributed by atoms with Crippen LogP contribution in [-0.2, 0) is 11.2 Å². The topological polar surface area (TPSA) is 29.1 Å². The molecule has 0 spiro atoms. The van der Waals surface area contributed by atoms with E-state index in [1.165, 1.54) is 5.56 Å². The van der Waals surface area contributed by atoms with Crippen LogP contribution in [0.15, 0.2) is 54.6 Å². The predicted octanol–water partition coefficient (Wildman–Crippen LogP) is 4.64. The summed E-state index contributed by atoms with van der Waals surface area (Å²) in [5, 5.41) is 3.32. The number of anilines is 1. The maximum absolute atomic E-state index is 12.1. The van der Waals surface area contributed by atoms with Gasteiger partial charge >= 0.3 is 0 Å². The van der Waals surface area contributed by atoms with Crippen molar-refractivity contribution >= 4 is 35.0 Å². The van der Waals surface area contributed by atoms with Gasteiger partial charge in [-0.1, -0.05) is 54.1 Å². The maximum Gasteiger partial charge on any atom is 0.237 e. The van der Waals surface area contributed by atoms with Crippen LogP contribution in [0, 0.1) is 0 Å². The second-order valence-electron chi connectivity index (χ2n) is 4.72. The van der Waals surface area contributed by atoms with Gasteiger partial charge in [0.05, 0.1) is 16.0 Å². The van der Waals surface area contributed by atoms with Crippen LogP contribution >= 0.6 is 23.4 Å². The standard InChI is InChI=1S/C17H18ClNOS/c1-13(21-12-11-14-7-3-2-4-8-14)17(20)19-16-10-6-5-9-15(16)18/h2-10,13H,11-12H2,1H3,(H,19,20). The van der Waals surface area contributed by atoms with Crippen LogP contribution in [0.4, 0.5) is 5.69 Å².